The molecule has 0 radical (unpaired) electrons. The van der Waals surface area contributed by atoms with Gasteiger partial charge in [0, 0.05) is 30.5 Å². The zero-order valence-electron chi connectivity index (χ0n) is 14.7. The number of nitrogens with one attached hydrogen (secondary N) is 2. The van der Waals surface area contributed by atoms with Crippen LogP contribution in [0.1, 0.15) is 25.7 Å². The molecule has 2 aromatic rings. The number of hydrogen-bond donors (Lipinski definition) is 2. The predicted octanol–water partition coefficient (Wildman–Crippen LogP) is 3.55. The molecule has 26 heavy (non-hydrogen) atoms. The van der Waals surface area contributed by atoms with Crippen molar-refractivity contribution in [2.75, 3.05) is 41.8 Å². The normalized spacial score (nSPS) is 18.1. The smallest absolute Gasteiger partial charge is 0.229 e. The van der Waals surface area contributed by atoms with Crippen molar-refractivity contribution < 1.29 is 9.13 Å². The van der Waals surface area contributed by atoms with Crippen LogP contribution in [0.2, 0.25) is 0 Å². The Labute approximate surface area is 152 Å². The van der Waals surface area contributed by atoms with Gasteiger partial charge in [0.25, 0.3) is 0 Å². The summed E-state index contributed by atoms with van der Waals surface area (Å²) in [6, 6.07) is 8.39. The van der Waals surface area contributed by atoms with Gasteiger partial charge in [-0.2, -0.15) is 4.98 Å². The SMILES string of the molecule is Fc1cnc(Nc2cccc(N3CCOCC3)c2)nc1NC1CCCC1. The van der Waals surface area contributed by atoms with Crippen LogP contribution in [0.15, 0.2) is 30.5 Å². The molecule has 0 atom stereocenters. The molecular formula is C19H24FN5O. The van der Waals surface area contributed by atoms with E-state index in [4.69, 9.17) is 4.74 Å². The topological polar surface area (TPSA) is 62.3 Å². The molecule has 2 heterocycles. The van der Waals surface area contributed by atoms with Crippen molar-refractivity contribution in [2.45, 2.75) is 31.7 Å². The second kappa shape index (κ2) is 7.86. The predicted molar refractivity (Wildman–Crippen MR) is 101 cm³/mol. The molecule has 0 unspecified atom stereocenters. The Morgan fingerprint density at radius 3 is 2.77 bits per heavy atom. The standard InChI is InChI=1S/C19H24FN5O/c20-17-13-21-19(24-18(17)22-14-4-1-2-5-14)23-15-6-3-7-16(12-15)25-8-10-26-11-9-25/h3,6-7,12-14H,1-2,4-5,8-11H2,(H2,21,22,23,24). The Bertz CT molecular complexity index is 744. The number of hydrogen-bond acceptors (Lipinski definition) is 6. The molecule has 2 aliphatic rings. The van der Waals surface area contributed by atoms with Crippen LogP contribution in [0.5, 0.6) is 0 Å². The summed E-state index contributed by atoms with van der Waals surface area (Å²) in [6.07, 6.45) is 5.72. The van der Waals surface area contributed by atoms with Crippen LogP contribution in [0.25, 0.3) is 0 Å². The molecule has 2 fully saturated rings. The first-order valence-electron chi connectivity index (χ1n) is 9.27. The maximum absolute atomic E-state index is 14.0. The molecule has 2 N–H and O–H groups in total. The second-order valence-corrected chi connectivity index (χ2v) is 6.79. The van der Waals surface area contributed by atoms with E-state index in [1.54, 1.807) is 0 Å². The first kappa shape index (κ1) is 17.0. The van der Waals surface area contributed by atoms with Crippen LogP contribution in [0, 0.1) is 5.82 Å². The third-order valence-electron chi connectivity index (χ3n) is 4.92. The molecule has 1 saturated heterocycles. The third kappa shape index (κ3) is 4.04. The lowest BCUT2D eigenvalue weighted by atomic mass is 10.2. The summed E-state index contributed by atoms with van der Waals surface area (Å²) in [7, 11) is 0. The Balaban J connectivity index is 1.48. The minimum atomic E-state index is -0.412. The maximum Gasteiger partial charge on any atom is 0.229 e. The first-order valence-corrected chi connectivity index (χ1v) is 9.27. The fourth-order valence-corrected chi connectivity index (χ4v) is 3.52. The highest BCUT2D eigenvalue weighted by Gasteiger charge is 2.18. The van der Waals surface area contributed by atoms with Gasteiger partial charge in [-0.15, -0.1) is 0 Å². The summed E-state index contributed by atoms with van der Waals surface area (Å²) >= 11 is 0. The summed E-state index contributed by atoms with van der Waals surface area (Å²) in [5, 5.41) is 6.40. The maximum atomic E-state index is 14.0. The van der Waals surface area contributed by atoms with E-state index in [9.17, 15) is 4.39 Å². The molecular weight excluding hydrogens is 333 g/mol. The van der Waals surface area contributed by atoms with Crippen LogP contribution in [-0.2, 0) is 4.74 Å². The van der Waals surface area contributed by atoms with E-state index in [1.165, 1.54) is 19.0 Å². The Hall–Kier alpha value is -2.41. The van der Waals surface area contributed by atoms with Gasteiger partial charge in [0.05, 0.1) is 19.4 Å². The van der Waals surface area contributed by atoms with Crippen molar-refractivity contribution in [2.24, 2.45) is 0 Å². The average molecular weight is 357 g/mol. The van der Waals surface area contributed by atoms with Crippen LogP contribution in [0.4, 0.5) is 27.5 Å². The zero-order valence-corrected chi connectivity index (χ0v) is 14.7. The molecule has 0 spiro atoms. The van der Waals surface area contributed by atoms with E-state index in [0.717, 1.165) is 50.5 Å². The molecule has 0 amide bonds. The van der Waals surface area contributed by atoms with Crippen LogP contribution >= 0.6 is 0 Å². The summed E-state index contributed by atoms with van der Waals surface area (Å²) in [5.74, 6) is 0.259. The van der Waals surface area contributed by atoms with Crippen LogP contribution in [-0.4, -0.2) is 42.3 Å². The molecule has 1 saturated carbocycles. The van der Waals surface area contributed by atoms with E-state index in [2.05, 4.69) is 37.6 Å². The highest BCUT2D eigenvalue weighted by Crippen LogP contribution is 2.25. The molecule has 138 valence electrons. The van der Waals surface area contributed by atoms with E-state index in [-0.39, 0.29) is 5.82 Å². The highest BCUT2D eigenvalue weighted by molar-refractivity contribution is 5.62. The summed E-state index contributed by atoms with van der Waals surface area (Å²) in [4.78, 5) is 10.7. The number of nitrogens with zero attached hydrogens (tertiary/aromatic N) is 3. The van der Waals surface area contributed by atoms with Crippen molar-refractivity contribution in [1.29, 1.82) is 0 Å². The van der Waals surface area contributed by atoms with E-state index in [1.807, 2.05) is 12.1 Å². The highest BCUT2D eigenvalue weighted by atomic mass is 19.1. The van der Waals surface area contributed by atoms with Gasteiger partial charge in [-0.25, -0.2) is 9.37 Å². The number of ether oxygens (including phenoxy) is 1. The second-order valence-electron chi connectivity index (χ2n) is 6.79. The Morgan fingerprint density at radius 2 is 1.96 bits per heavy atom. The van der Waals surface area contributed by atoms with E-state index >= 15 is 0 Å². The van der Waals surface area contributed by atoms with E-state index in [0.29, 0.717) is 12.0 Å². The lowest BCUT2D eigenvalue weighted by molar-refractivity contribution is 0.122. The van der Waals surface area contributed by atoms with Gasteiger partial charge in [-0.1, -0.05) is 18.9 Å². The minimum absolute atomic E-state index is 0.277. The van der Waals surface area contributed by atoms with E-state index < -0.39 is 5.82 Å². The third-order valence-corrected chi connectivity index (χ3v) is 4.92. The lowest BCUT2D eigenvalue weighted by Gasteiger charge is -2.29. The largest absolute Gasteiger partial charge is 0.378 e. The van der Waals surface area contributed by atoms with Crippen molar-refractivity contribution >= 4 is 23.1 Å². The monoisotopic (exact) mass is 357 g/mol. The number of benzene rings is 1. The average Bonchev–Trinajstić information content (AvgIpc) is 3.19. The summed E-state index contributed by atoms with van der Waals surface area (Å²) in [5.41, 5.74) is 2.01. The van der Waals surface area contributed by atoms with Crippen molar-refractivity contribution in [3.05, 3.63) is 36.3 Å². The van der Waals surface area contributed by atoms with Gasteiger partial charge < -0.3 is 20.3 Å². The van der Waals surface area contributed by atoms with Crippen molar-refractivity contribution in [3.63, 3.8) is 0 Å². The molecule has 6 nitrogen and oxygen atoms in total. The van der Waals surface area contributed by atoms with Gasteiger partial charge >= 0.3 is 0 Å². The number of aromatic nitrogens is 2. The van der Waals surface area contributed by atoms with Gasteiger partial charge in [0.1, 0.15) is 0 Å². The molecule has 1 aromatic carbocycles. The molecule has 7 heteroatoms. The number of rotatable bonds is 5. The fourth-order valence-electron chi connectivity index (χ4n) is 3.52. The van der Waals surface area contributed by atoms with Crippen LogP contribution < -0.4 is 15.5 Å². The fraction of sp³-hybridized carbons (Fsp3) is 0.474. The quantitative estimate of drug-likeness (QED) is 0.853. The molecule has 1 aromatic heterocycles. The van der Waals surface area contributed by atoms with Gasteiger partial charge in [0.15, 0.2) is 11.6 Å². The molecule has 1 aliphatic carbocycles. The van der Waals surface area contributed by atoms with Gasteiger partial charge in [-0.05, 0) is 31.0 Å². The number of morpholine rings is 1. The lowest BCUT2D eigenvalue weighted by Crippen LogP contribution is -2.36. The van der Waals surface area contributed by atoms with Gasteiger partial charge in [0.2, 0.25) is 5.95 Å². The molecule has 0 bridgehead atoms. The van der Waals surface area contributed by atoms with Gasteiger partial charge in [-0.3, -0.25) is 0 Å². The zero-order chi connectivity index (χ0) is 17.8. The van der Waals surface area contributed by atoms with Crippen molar-refractivity contribution in [3.8, 4) is 0 Å². The van der Waals surface area contributed by atoms with Crippen molar-refractivity contribution in [1.82, 2.24) is 9.97 Å². The molecule has 1 aliphatic heterocycles. The minimum Gasteiger partial charge on any atom is -0.378 e. The number of halogens is 1. The number of anilines is 4. The summed E-state index contributed by atoms with van der Waals surface area (Å²) in [6.45, 7) is 3.25. The van der Waals surface area contributed by atoms with Crippen LogP contribution in [0.3, 0.4) is 0 Å². The first-order chi connectivity index (χ1) is 12.8. The summed E-state index contributed by atoms with van der Waals surface area (Å²) < 4.78 is 19.4. The Morgan fingerprint density at radius 1 is 1.15 bits per heavy atom. The Kier molecular flexibility index (Phi) is 5.15. The molecule has 4 rings (SSSR count).